The Balaban J connectivity index is 1.96. The molecule has 78 valence electrons. The highest BCUT2D eigenvalue weighted by atomic mass is 16.5. The Kier molecular flexibility index (Phi) is 1.65. The van der Waals surface area contributed by atoms with Crippen LogP contribution in [0.3, 0.4) is 0 Å². The van der Waals surface area contributed by atoms with Crippen molar-refractivity contribution in [1.29, 1.82) is 0 Å². The highest BCUT2D eigenvalue weighted by Crippen LogP contribution is 2.44. The molecule has 0 N–H and O–H groups in total. The van der Waals surface area contributed by atoms with Gasteiger partial charge >= 0.3 is 0 Å². The lowest BCUT2D eigenvalue weighted by Crippen LogP contribution is -2.34. The highest BCUT2D eigenvalue weighted by Gasteiger charge is 2.60. The largest absolute Gasteiger partial charge is 0.365 e. The standard InChI is InChI=1S/C11H11NO3/c1-2-5-12-10(13)8-6-3-4-7(15-6)9(8)11(12)14/h2-4,6-9H,1,5H2/t6-,7-,8-,9+/m0/s1. The molecule has 3 aliphatic rings. The maximum Gasteiger partial charge on any atom is 0.236 e. The molecule has 2 fully saturated rings. The molecule has 2 bridgehead atoms. The van der Waals surface area contributed by atoms with Crippen LogP contribution in [0, 0.1) is 11.8 Å². The zero-order valence-corrected chi connectivity index (χ0v) is 8.13. The number of fused-ring (bicyclic) bond motifs is 5. The fourth-order valence-corrected chi connectivity index (χ4v) is 2.67. The van der Waals surface area contributed by atoms with Crippen molar-refractivity contribution in [3.05, 3.63) is 24.8 Å². The number of carbonyl (C=O) groups excluding carboxylic acids is 2. The molecule has 0 radical (unpaired) electrons. The summed E-state index contributed by atoms with van der Waals surface area (Å²) in [5.74, 6) is -0.789. The summed E-state index contributed by atoms with van der Waals surface area (Å²) in [4.78, 5) is 25.1. The van der Waals surface area contributed by atoms with E-state index in [1.807, 2.05) is 12.2 Å². The number of carbonyl (C=O) groups is 2. The van der Waals surface area contributed by atoms with Gasteiger partial charge in [0.2, 0.25) is 11.8 Å². The molecule has 3 aliphatic heterocycles. The van der Waals surface area contributed by atoms with Gasteiger partial charge in [0.25, 0.3) is 0 Å². The van der Waals surface area contributed by atoms with Crippen LogP contribution in [-0.4, -0.2) is 35.5 Å². The molecule has 3 rings (SSSR count). The Morgan fingerprint density at radius 3 is 2.27 bits per heavy atom. The van der Waals surface area contributed by atoms with E-state index in [2.05, 4.69) is 6.58 Å². The number of hydrogen-bond donors (Lipinski definition) is 0. The number of nitrogens with zero attached hydrogens (tertiary/aromatic N) is 1. The monoisotopic (exact) mass is 205 g/mol. The molecule has 2 saturated heterocycles. The number of rotatable bonds is 2. The van der Waals surface area contributed by atoms with Crippen LogP contribution < -0.4 is 0 Å². The van der Waals surface area contributed by atoms with Gasteiger partial charge < -0.3 is 4.74 Å². The molecule has 0 aromatic heterocycles. The van der Waals surface area contributed by atoms with Gasteiger partial charge in [-0.3, -0.25) is 14.5 Å². The van der Waals surface area contributed by atoms with Gasteiger partial charge in [0.1, 0.15) is 0 Å². The van der Waals surface area contributed by atoms with Crippen LogP contribution in [-0.2, 0) is 14.3 Å². The lowest BCUT2D eigenvalue weighted by molar-refractivity contribution is -0.141. The van der Waals surface area contributed by atoms with E-state index in [0.717, 1.165) is 0 Å². The Morgan fingerprint density at radius 2 is 1.80 bits per heavy atom. The van der Waals surface area contributed by atoms with Gasteiger partial charge in [-0.25, -0.2) is 0 Å². The Morgan fingerprint density at radius 1 is 1.27 bits per heavy atom. The van der Waals surface area contributed by atoms with E-state index in [-0.39, 0.29) is 35.9 Å². The van der Waals surface area contributed by atoms with Crippen LogP contribution in [0.5, 0.6) is 0 Å². The van der Waals surface area contributed by atoms with Gasteiger partial charge in [0, 0.05) is 6.54 Å². The lowest BCUT2D eigenvalue weighted by Gasteiger charge is -2.14. The number of likely N-dealkylation sites (tertiary alicyclic amines) is 1. The van der Waals surface area contributed by atoms with E-state index >= 15 is 0 Å². The van der Waals surface area contributed by atoms with Crippen molar-refractivity contribution >= 4 is 11.8 Å². The summed E-state index contributed by atoms with van der Waals surface area (Å²) in [6, 6.07) is 0. The summed E-state index contributed by atoms with van der Waals surface area (Å²) >= 11 is 0. The van der Waals surface area contributed by atoms with Crippen molar-refractivity contribution in [2.45, 2.75) is 12.2 Å². The van der Waals surface area contributed by atoms with Crippen molar-refractivity contribution in [2.24, 2.45) is 11.8 Å². The maximum absolute atomic E-state index is 11.9. The molecule has 3 heterocycles. The second-order valence-electron chi connectivity index (χ2n) is 4.08. The van der Waals surface area contributed by atoms with E-state index in [1.54, 1.807) is 6.08 Å². The lowest BCUT2D eigenvalue weighted by atomic mass is 9.85. The average Bonchev–Trinajstić information content (AvgIpc) is 2.87. The third-order valence-corrected chi connectivity index (χ3v) is 3.31. The fourth-order valence-electron chi connectivity index (χ4n) is 2.67. The highest BCUT2D eigenvalue weighted by molar-refractivity contribution is 6.06. The molecule has 0 aromatic carbocycles. The number of amides is 2. The van der Waals surface area contributed by atoms with Crippen LogP contribution in [0.2, 0.25) is 0 Å². The third kappa shape index (κ3) is 0.946. The second-order valence-corrected chi connectivity index (χ2v) is 4.08. The summed E-state index contributed by atoms with van der Waals surface area (Å²) in [5, 5.41) is 0. The first-order valence-corrected chi connectivity index (χ1v) is 5.04. The number of ether oxygens (including phenoxy) is 1. The first-order valence-electron chi connectivity index (χ1n) is 5.04. The first kappa shape index (κ1) is 8.85. The van der Waals surface area contributed by atoms with Crippen molar-refractivity contribution in [3.8, 4) is 0 Å². The maximum atomic E-state index is 11.9. The van der Waals surface area contributed by atoms with E-state index in [4.69, 9.17) is 4.74 Å². The Hall–Kier alpha value is -1.42. The molecule has 2 amide bonds. The van der Waals surface area contributed by atoms with Crippen molar-refractivity contribution in [3.63, 3.8) is 0 Å². The molecular weight excluding hydrogens is 194 g/mol. The summed E-state index contributed by atoms with van der Waals surface area (Å²) < 4.78 is 5.50. The van der Waals surface area contributed by atoms with Gasteiger partial charge in [0.15, 0.2) is 0 Å². The molecule has 0 spiro atoms. The van der Waals surface area contributed by atoms with Crippen LogP contribution in [0.15, 0.2) is 24.8 Å². The molecule has 4 heteroatoms. The van der Waals surface area contributed by atoms with E-state index < -0.39 is 0 Å². The van der Waals surface area contributed by atoms with Gasteiger partial charge in [-0.1, -0.05) is 18.2 Å². The first-order chi connectivity index (χ1) is 7.24. The Labute approximate surface area is 87.2 Å². The SMILES string of the molecule is C=CCN1C(=O)[C@@H]2[C@H](C1=O)[C@@H]1C=C[C@@H]2O1. The minimum absolute atomic E-state index is 0.109. The summed E-state index contributed by atoms with van der Waals surface area (Å²) in [6.45, 7) is 3.86. The molecule has 0 unspecified atom stereocenters. The van der Waals surface area contributed by atoms with Gasteiger partial charge in [-0.15, -0.1) is 6.58 Å². The van der Waals surface area contributed by atoms with E-state index in [0.29, 0.717) is 6.54 Å². The van der Waals surface area contributed by atoms with E-state index in [9.17, 15) is 9.59 Å². The zero-order chi connectivity index (χ0) is 10.6. The number of imide groups is 1. The fraction of sp³-hybridized carbons (Fsp3) is 0.455. The van der Waals surface area contributed by atoms with E-state index in [1.165, 1.54) is 4.90 Å². The zero-order valence-electron chi connectivity index (χ0n) is 8.13. The van der Waals surface area contributed by atoms with Gasteiger partial charge in [0.05, 0.1) is 24.0 Å². The van der Waals surface area contributed by atoms with Crippen LogP contribution in [0.4, 0.5) is 0 Å². The quantitative estimate of drug-likeness (QED) is 0.475. The van der Waals surface area contributed by atoms with Gasteiger partial charge in [-0.05, 0) is 0 Å². The van der Waals surface area contributed by atoms with Crippen LogP contribution in [0.25, 0.3) is 0 Å². The smallest absolute Gasteiger partial charge is 0.236 e. The average molecular weight is 205 g/mol. The second kappa shape index (κ2) is 2.79. The summed E-state index contributed by atoms with van der Waals surface area (Å²) in [6.07, 6.45) is 4.97. The molecule has 4 atom stereocenters. The third-order valence-electron chi connectivity index (χ3n) is 3.31. The topological polar surface area (TPSA) is 46.6 Å². The summed E-state index contributed by atoms with van der Waals surface area (Å²) in [7, 11) is 0. The predicted octanol–water partition coefficient (Wildman–Crippen LogP) is 0.111. The molecule has 15 heavy (non-hydrogen) atoms. The van der Waals surface area contributed by atoms with Gasteiger partial charge in [-0.2, -0.15) is 0 Å². The Bertz CT molecular complexity index is 357. The molecule has 4 nitrogen and oxygen atoms in total. The van der Waals surface area contributed by atoms with Crippen molar-refractivity contribution in [1.82, 2.24) is 4.90 Å². The predicted molar refractivity (Wildman–Crippen MR) is 51.7 cm³/mol. The molecule has 0 saturated carbocycles. The molecular formula is C11H11NO3. The molecule has 0 aliphatic carbocycles. The van der Waals surface area contributed by atoms with Crippen molar-refractivity contribution in [2.75, 3.05) is 6.54 Å². The number of hydrogen-bond acceptors (Lipinski definition) is 3. The molecule has 0 aromatic rings. The van der Waals surface area contributed by atoms with Crippen LogP contribution >= 0.6 is 0 Å². The summed E-state index contributed by atoms with van der Waals surface area (Å²) in [5.41, 5.74) is 0. The normalized spacial score (nSPS) is 41.5. The minimum atomic E-state index is -0.285. The minimum Gasteiger partial charge on any atom is -0.365 e. The van der Waals surface area contributed by atoms with Crippen molar-refractivity contribution < 1.29 is 14.3 Å². The van der Waals surface area contributed by atoms with Crippen LogP contribution in [0.1, 0.15) is 0 Å².